The van der Waals surface area contributed by atoms with Crippen molar-refractivity contribution in [2.45, 2.75) is 19.8 Å². The lowest BCUT2D eigenvalue weighted by Crippen LogP contribution is -2.41. The second kappa shape index (κ2) is 6.86. The van der Waals surface area contributed by atoms with Crippen LogP contribution in [0.5, 0.6) is 0 Å². The van der Waals surface area contributed by atoms with Gasteiger partial charge in [-0.05, 0) is 31.4 Å². The molecule has 1 aliphatic rings. The van der Waals surface area contributed by atoms with Crippen molar-refractivity contribution >= 4 is 17.3 Å². The zero-order valence-electron chi connectivity index (χ0n) is 14.0. The van der Waals surface area contributed by atoms with Crippen molar-refractivity contribution in [3.63, 3.8) is 0 Å². The molecule has 1 fully saturated rings. The van der Waals surface area contributed by atoms with Crippen LogP contribution in [0.15, 0.2) is 41.3 Å². The topological polar surface area (TPSA) is 67.2 Å². The Bertz CT molecular complexity index is 800. The molecule has 1 saturated heterocycles. The zero-order valence-corrected chi connectivity index (χ0v) is 14.0. The molecule has 24 heavy (non-hydrogen) atoms. The van der Waals surface area contributed by atoms with Crippen LogP contribution >= 0.6 is 0 Å². The molecule has 1 aliphatic heterocycles. The summed E-state index contributed by atoms with van der Waals surface area (Å²) in [5.74, 6) is -0.0618. The first-order valence-corrected chi connectivity index (χ1v) is 8.19. The van der Waals surface area contributed by atoms with Crippen LogP contribution in [0, 0.1) is 12.8 Å². The molecule has 126 valence electrons. The molecule has 2 heterocycles. The van der Waals surface area contributed by atoms with Crippen molar-refractivity contribution < 1.29 is 4.79 Å². The third-order valence-corrected chi connectivity index (χ3v) is 4.51. The van der Waals surface area contributed by atoms with Crippen LogP contribution in [-0.2, 0) is 11.8 Å². The highest BCUT2D eigenvalue weighted by Crippen LogP contribution is 2.23. The molecule has 3 rings (SSSR count). The Kier molecular flexibility index (Phi) is 4.64. The van der Waals surface area contributed by atoms with Gasteiger partial charge in [0.05, 0.1) is 17.8 Å². The minimum Gasteiger partial charge on any atom is -0.369 e. The summed E-state index contributed by atoms with van der Waals surface area (Å²) in [6.45, 7) is 3.42. The fraction of sp³-hybridized carbons (Fsp3) is 0.389. The van der Waals surface area contributed by atoms with Gasteiger partial charge in [0.15, 0.2) is 0 Å². The van der Waals surface area contributed by atoms with Gasteiger partial charge in [-0.15, -0.1) is 0 Å². The van der Waals surface area contributed by atoms with Gasteiger partial charge in [-0.2, -0.15) is 5.10 Å². The van der Waals surface area contributed by atoms with Gasteiger partial charge < -0.3 is 10.2 Å². The number of rotatable bonds is 3. The summed E-state index contributed by atoms with van der Waals surface area (Å²) in [5, 5.41) is 7.09. The highest BCUT2D eigenvalue weighted by Gasteiger charge is 2.26. The van der Waals surface area contributed by atoms with Crippen molar-refractivity contribution in [3.8, 4) is 0 Å². The van der Waals surface area contributed by atoms with Gasteiger partial charge in [0.25, 0.3) is 5.56 Å². The first kappa shape index (κ1) is 16.2. The van der Waals surface area contributed by atoms with E-state index in [1.165, 1.54) is 4.68 Å². The van der Waals surface area contributed by atoms with Crippen molar-refractivity contribution in [1.29, 1.82) is 0 Å². The van der Waals surface area contributed by atoms with E-state index in [4.69, 9.17) is 0 Å². The van der Waals surface area contributed by atoms with E-state index in [-0.39, 0.29) is 17.4 Å². The Morgan fingerprint density at radius 1 is 1.33 bits per heavy atom. The fourth-order valence-corrected chi connectivity index (χ4v) is 3.01. The highest BCUT2D eigenvalue weighted by atomic mass is 16.2. The van der Waals surface area contributed by atoms with Gasteiger partial charge in [0.2, 0.25) is 5.91 Å². The van der Waals surface area contributed by atoms with E-state index in [0.29, 0.717) is 6.54 Å². The summed E-state index contributed by atoms with van der Waals surface area (Å²) in [6.07, 6.45) is 3.45. The number of carbonyl (C=O) groups is 1. The molecule has 1 amide bonds. The quantitative estimate of drug-likeness (QED) is 0.936. The largest absolute Gasteiger partial charge is 0.369 e. The number of benzene rings is 1. The van der Waals surface area contributed by atoms with E-state index in [2.05, 4.69) is 15.3 Å². The number of para-hydroxylation sites is 1. The molecule has 6 nitrogen and oxygen atoms in total. The molecule has 0 aliphatic carbocycles. The van der Waals surface area contributed by atoms with Gasteiger partial charge in [0.1, 0.15) is 0 Å². The number of aromatic nitrogens is 2. The molecule has 0 saturated carbocycles. The number of piperidine rings is 1. The van der Waals surface area contributed by atoms with Crippen LogP contribution in [0.1, 0.15) is 18.4 Å². The minimum atomic E-state index is -0.140. The molecule has 6 heteroatoms. The predicted octanol–water partition coefficient (Wildman–Crippen LogP) is 1.94. The summed E-state index contributed by atoms with van der Waals surface area (Å²) in [5.41, 5.74) is 2.55. The third-order valence-electron chi connectivity index (χ3n) is 4.51. The Balaban J connectivity index is 1.71. The maximum atomic E-state index is 12.6. The Morgan fingerprint density at radius 2 is 2.12 bits per heavy atom. The summed E-state index contributed by atoms with van der Waals surface area (Å²) in [4.78, 5) is 26.4. The molecule has 1 atom stereocenters. The standard InChI is InChI=1S/C18H22N4O2/c1-13-6-3-4-8-16(13)20-18(24)14-7-5-9-22(12-14)15-10-17(23)21(2)19-11-15/h3-4,6,8,10-11,14H,5,7,9,12H2,1-2H3,(H,20,24). The monoisotopic (exact) mass is 326 g/mol. The number of hydrogen-bond donors (Lipinski definition) is 1. The van der Waals surface area contributed by atoms with E-state index in [1.807, 2.05) is 31.2 Å². The van der Waals surface area contributed by atoms with Crippen LogP contribution in [0.25, 0.3) is 0 Å². The summed E-state index contributed by atoms with van der Waals surface area (Å²) in [6, 6.07) is 9.35. The van der Waals surface area contributed by atoms with Gasteiger partial charge >= 0.3 is 0 Å². The first-order valence-electron chi connectivity index (χ1n) is 8.19. The molecule has 2 aromatic rings. The van der Waals surface area contributed by atoms with E-state index < -0.39 is 0 Å². The van der Waals surface area contributed by atoms with E-state index in [9.17, 15) is 9.59 Å². The number of amides is 1. The number of nitrogens with zero attached hydrogens (tertiary/aromatic N) is 3. The number of nitrogens with one attached hydrogen (secondary N) is 1. The van der Waals surface area contributed by atoms with Crippen molar-refractivity contribution in [3.05, 3.63) is 52.4 Å². The first-order chi connectivity index (χ1) is 11.5. The molecular formula is C18H22N4O2. The van der Waals surface area contributed by atoms with Gasteiger partial charge in [-0.25, -0.2) is 4.68 Å². The zero-order chi connectivity index (χ0) is 17.1. The Labute approximate surface area is 141 Å². The van der Waals surface area contributed by atoms with Crippen LogP contribution < -0.4 is 15.8 Å². The Morgan fingerprint density at radius 3 is 2.88 bits per heavy atom. The smallest absolute Gasteiger partial charge is 0.268 e. The molecular weight excluding hydrogens is 304 g/mol. The third kappa shape index (κ3) is 3.48. The maximum absolute atomic E-state index is 12.6. The number of anilines is 2. The predicted molar refractivity (Wildman–Crippen MR) is 94.2 cm³/mol. The van der Waals surface area contributed by atoms with Gasteiger partial charge in [0, 0.05) is 31.9 Å². The average Bonchev–Trinajstić information content (AvgIpc) is 2.59. The van der Waals surface area contributed by atoms with Crippen molar-refractivity contribution in [2.75, 3.05) is 23.3 Å². The lowest BCUT2D eigenvalue weighted by molar-refractivity contribution is -0.120. The van der Waals surface area contributed by atoms with Gasteiger partial charge in [-0.1, -0.05) is 18.2 Å². The van der Waals surface area contributed by atoms with E-state index in [1.54, 1.807) is 19.3 Å². The van der Waals surface area contributed by atoms with Gasteiger partial charge in [-0.3, -0.25) is 9.59 Å². The molecule has 1 N–H and O–H groups in total. The normalized spacial score (nSPS) is 17.6. The lowest BCUT2D eigenvalue weighted by Gasteiger charge is -2.33. The SMILES string of the molecule is Cc1ccccc1NC(=O)C1CCCN(c2cnn(C)c(=O)c2)C1. The number of hydrogen-bond acceptors (Lipinski definition) is 4. The molecule has 1 aromatic carbocycles. The van der Waals surface area contributed by atoms with Crippen LogP contribution in [0.2, 0.25) is 0 Å². The second-order valence-electron chi connectivity index (χ2n) is 6.26. The summed E-state index contributed by atoms with van der Waals surface area (Å²) in [7, 11) is 1.63. The average molecular weight is 326 g/mol. The fourth-order valence-electron chi connectivity index (χ4n) is 3.01. The number of aryl methyl sites for hydroxylation is 2. The Hall–Kier alpha value is -2.63. The van der Waals surface area contributed by atoms with Crippen molar-refractivity contribution in [2.24, 2.45) is 13.0 Å². The van der Waals surface area contributed by atoms with Crippen LogP contribution in [-0.4, -0.2) is 28.8 Å². The molecule has 1 unspecified atom stereocenters. The molecule has 0 spiro atoms. The van der Waals surface area contributed by atoms with E-state index in [0.717, 1.165) is 36.3 Å². The number of carbonyl (C=O) groups excluding carboxylic acids is 1. The summed E-state index contributed by atoms with van der Waals surface area (Å²) < 4.78 is 1.30. The lowest BCUT2D eigenvalue weighted by atomic mass is 9.96. The molecule has 0 radical (unpaired) electrons. The maximum Gasteiger partial charge on any atom is 0.268 e. The van der Waals surface area contributed by atoms with E-state index >= 15 is 0 Å². The molecule has 0 bridgehead atoms. The van der Waals surface area contributed by atoms with Crippen molar-refractivity contribution in [1.82, 2.24) is 9.78 Å². The molecule has 1 aromatic heterocycles. The highest BCUT2D eigenvalue weighted by molar-refractivity contribution is 5.93. The summed E-state index contributed by atoms with van der Waals surface area (Å²) >= 11 is 0. The minimum absolute atomic E-state index is 0.0331. The van der Waals surface area contributed by atoms with Crippen LogP contribution in [0.3, 0.4) is 0 Å². The van der Waals surface area contributed by atoms with Crippen LogP contribution in [0.4, 0.5) is 11.4 Å². The second-order valence-corrected chi connectivity index (χ2v) is 6.26.